The fourth-order valence-corrected chi connectivity index (χ4v) is 3.19. The van der Waals surface area contributed by atoms with E-state index in [0.717, 1.165) is 11.8 Å². The number of rotatable bonds is 6. The van der Waals surface area contributed by atoms with Crippen LogP contribution in [0.4, 0.5) is 0 Å². The van der Waals surface area contributed by atoms with Crippen LogP contribution in [0, 0.1) is 11.8 Å². The summed E-state index contributed by atoms with van der Waals surface area (Å²) in [6.45, 7) is 4.69. The molecule has 0 heterocycles. The Labute approximate surface area is 119 Å². The molecule has 2 aliphatic rings. The standard InChI is InChI=1S/C19H30/c1-3-16(2)12-13-18-10-7-11-19(15-18)14-17-8-5-4-6-9-17/h4-5,11,15-17H,3,6-10,12-14H2,1-2H3. The molecule has 0 saturated heterocycles. The second-order valence-electron chi connectivity index (χ2n) is 6.53. The smallest absolute Gasteiger partial charge is 0.0250 e. The van der Waals surface area contributed by atoms with E-state index in [0.29, 0.717) is 0 Å². The summed E-state index contributed by atoms with van der Waals surface area (Å²) >= 11 is 0. The molecule has 0 aromatic rings. The summed E-state index contributed by atoms with van der Waals surface area (Å²) in [5.74, 6) is 1.79. The average Bonchev–Trinajstić information content (AvgIpc) is 2.46. The Morgan fingerprint density at radius 1 is 1.26 bits per heavy atom. The highest BCUT2D eigenvalue weighted by Gasteiger charge is 2.13. The molecular formula is C19H30. The van der Waals surface area contributed by atoms with Crippen molar-refractivity contribution in [3.63, 3.8) is 0 Å². The van der Waals surface area contributed by atoms with Gasteiger partial charge in [0, 0.05) is 0 Å². The van der Waals surface area contributed by atoms with Gasteiger partial charge in [0.15, 0.2) is 0 Å². The maximum Gasteiger partial charge on any atom is -0.0250 e. The molecule has 19 heavy (non-hydrogen) atoms. The molecule has 0 nitrogen and oxygen atoms in total. The highest BCUT2D eigenvalue weighted by atomic mass is 14.2. The van der Waals surface area contributed by atoms with E-state index in [1.165, 1.54) is 57.8 Å². The van der Waals surface area contributed by atoms with E-state index in [9.17, 15) is 0 Å². The van der Waals surface area contributed by atoms with Gasteiger partial charge >= 0.3 is 0 Å². The number of hydrogen-bond acceptors (Lipinski definition) is 0. The van der Waals surface area contributed by atoms with Crippen molar-refractivity contribution in [3.8, 4) is 0 Å². The number of allylic oxidation sites excluding steroid dienone is 6. The largest absolute Gasteiger partial charge is 0.0885 e. The molecule has 0 bridgehead atoms. The second kappa shape index (κ2) is 7.72. The molecule has 0 fully saturated rings. The molecule has 2 aliphatic carbocycles. The molecule has 2 unspecified atom stereocenters. The summed E-state index contributed by atoms with van der Waals surface area (Å²) in [5.41, 5.74) is 3.34. The van der Waals surface area contributed by atoms with Crippen molar-refractivity contribution >= 4 is 0 Å². The first-order valence-corrected chi connectivity index (χ1v) is 8.31. The monoisotopic (exact) mass is 258 g/mol. The summed E-state index contributed by atoms with van der Waals surface area (Å²) in [4.78, 5) is 0. The summed E-state index contributed by atoms with van der Waals surface area (Å²) in [6.07, 6.45) is 21.7. The van der Waals surface area contributed by atoms with Gasteiger partial charge in [-0.25, -0.2) is 0 Å². The van der Waals surface area contributed by atoms with Crippen molar-refractivity contribution in [2.75, 3.05) is 0 Å². The highest BCUT2D eigenvalue weighted by molar-refractivity contribution is 5.28. The Hall–Kier alpha value is -0.780. The van der Waals surface area contributed by atoms with Crippen LogP contribution in [0.15, 0.2) is 35.5 Å². The maximum absolute atomic E-state index is 2.53. The van der Waals surface area contributed by atoms with Crippen LogP contribution >= 0.6 is 0 Å². The first-order chi connectivity index (χ1) is 9.28. The molecule has 0 heteroatoms. The maximum atomic E-state index is 2.53. The van der Waals surface area contributed by atoms with E-state index < -0.39 is 0 Å². The highest BCUT2D eigenvalue weighted by Crippen LogP contribution is 2.30. The molecule has 2 atom stereocenters. The molecule has 0 saturated carbocycles. The van der Waals surface area contributed by atoms with E-state index in [4.69, 9.17) is 0 Å². The number of hydrogen-bond donors (Lipinski definition) is 0. The van der Waals surface area contributed by atoms with E-state index in [1.54, 1.807) is 11.1 Å². The first-order valence-electron chi connectivity index (χ1n) is 8.31. The van der Waals surface area contributed by atoms with Crippen LogP contribution in [0.5, 0.6) is 0 Å². The van der Waals surface area contributed by atoms with Crippen molar-refractivity contribution in [2.45, 2.75) is 71.6 Å². The quantitative estimate of drug-likeness (QED) is 0.497. The third-order valence-electron chi connectivity index (χ3n) is 4.82. The summed E-state index contributed by atoms with van der Waals surface area (Å²) in [5, 5.41) is 0. The third kappa shape index (κ3) is 5.01. The molecule has 0 aromatic heterocycles. The second-order valence-corrected chi connectivity index (χ2v) is 6.53. The average molecular weight is 258 g/mol. The molecular weight excluding hydrogens is 228 g/mol. The lowest BCUT2D eigenvalue weighted by Gasteiger charge is -2.21. The van der Waals surface area contributed by atoms with Crippen LogP contribution < -0.4 is 0 Å². The van der Waals surface area contributed by atoms with Gasteiger partial charge in [-0.05, 0) is 63.2 Å². The minimum atomic E-state index is 0.888. The molecule has 0 spiro atoms. The van der Waals surface area contributed by atoms with Gasteiger partial charge in [0.2, 0.25) is 0 Å². The normalized spacial score (nSPS) is 24.8. The summed E-state index contributed by atoms with van der Waals surface area (Å²) in [6, 6.07) is 0. The van der Waals surface area contributed by atoms with Crippen LogP contribution in [0.3, 0.4) is 0 Å². The zero-order valence-electron chi connectivity index (χ0n) is 12.8. The SMILES string of the molecule is CCC(C)CCC1=CC(CC2CC=CCC2)=CCC1. The van der Waals surface area contributed by atoms with Crippen LogP contribution in [0.25, 0.3) is 0 Å². The fourth-order valence-electron chi connectivity index (χ4n) is 3.19. The van der Waals surface area contributed by atoms with E-state index in [-0.39, 0.29) is 0 Å². The van der Waals surface area contributed by atoms with Crippen LogP contribution in [-0.4, -0.2) is 0 Å². The minimum Gasteiger partial charge on any atom is -0.0885 e. The molecule has 0 amide bonds. The van der Waals surface area contributed by atoms with Crippen LogP contribution in [0.2, 0.25) is 0 Å². The molecule has 0 aliphatic heterocycles. The predicted molar refractivity (Wildman–Crippen MR) is 85.2 cm³/mol. The zero-order valence-corrected chi connectivity index (χ0v) is 12.8. The molecule has 2 rings (SSSR count). The van der Waals surface area contributed by atoms with Gasteiger partial charge in [-0.2, -0.15) is 0 Å². The Balaban J connectivity index is 1.82. The Kier molecular flexibility index (Phi) is 5.94. The fraction of sp³-hybridized carbons (Fsp3) is 0.684. The van der Waals surface area contributed by atoms with E-state index in [1.807, 2.05) is 0 Å². The van der Waals surface area contributed by atoms with Gasteiger partial charge in [0.25, 0.3) is 0 Å². The van der Waals surface area contributed by atoms with Gasteiger partial charge in [-0.1, -0.05) is 55.7 Å². The van der Waals surface area contributed by atoms with Gasteiger partial charge in [0.05, 0.1) is 0 Å². The Morgan fingerprint density at radius 2 is 2.16 bits per heavy atom. The van der Waals surface area contributed by atoms with E-state index in [2.05, 4.69) is 38.2 Å². The molecule has 0 aromatic carbocycles. The molecule has 0 N–H and O–H groups in total. The third-order valence-corrected chi connectivity index (χ3v) is 4.82. The van der Waals surface area contributed by atoms with Crippen LogP contribution in [0.1, 0.15) is 71.6 Å². The van der Waals surface area contributed by atoms with Crippen molar-refractivity contribution in [1.29, 1.82) is 0 Å². The Bertz CT molecular complexity index is 356. The van der Waals surface area contributed by atoms with Crippen molar-refractivity contribution in [1.82, 2.24) is 0 Å². The van der Waals surface area contributed by atoms with Gasteiger partial charge in [0.1, 0.15) is 0 Å². The Morgan fingerprint density at radius 3 is 2.89 bits per heavy atom. The first kappa shape index (κ1) is 14.6. The van der Waals surface area contributed by atoms with Crippen molar-refractivity contribution in [3.05, 3.63) is 35.5 Å². The zero-order chi connectivity index (χ0) is 13.5. The van der Waals surface area contributed by atoms with Crippen LogP contribution in [-0.2, 0) is 0 Å². The topological polar surface area (TPSA) is 0 Å². The molecule has 106 valence electrons. The van der Waals surface area contributed by atoms with Crippen molar-refractivity contribution in [2.24, 2.45) is 11.8 Å². The lowest BCUT2D eigenvalue weighted by molar-refractivity contribution is 0.476. The van der Waals surface area contributed by atoms with Crippen molar-refractivity contribution < 1.29 is 0 Å². The van der Waals surface area contributed by atoms with Gasteiger partial charge in [-0.3, -0.25) is 0 Å². The lowest BCUT2D eigenvalue weighted by Crippen LogP contribution is -2.05. The summed E-state index contributed by atoms with van der Waals surface area (Å²) < 4.78 is 0. The minimum absolute atomic E-state index is 0.888. The summed E-state index contributed by atoms with van der Waals surface area (Å²) in [7, 11) is 0. The lowest BCUT2D eigenvalue weighted by atomic mass is 9.85. The van der Waals surface area contributed by atoms with Gasteiger partial charge in [-0.15, -0.1) is 0 Å². The molecule has 0 radical (unpaired) electrons. The van der Waals surface area contributed by atoms with Gasteiger partial charge < -0.3 is 0 Å². The van der Waals surface area contributed by atoms with E-state index >= 15 is 0 Å². The predicted octanol–water partition coefficient (Wildman–Crippen LogP) is 6.21.